The molecule has 1 saturated heterocycles. The average molecular weight is 274 g/mol. The van der Waals surface area contributed by atoms with Crippen molar-refractivity contribution in [2.75, 3.05) is 4.90 Å². The molecule has 0 bridgehead atoms. The number of carbonyl (C=O) groups excluding carboxylic acids is 2. The molecule has 0 unspecified atom stereocenters. The van der Waals surface area contributed by atoms with Gasteiger partial charge in [0, 0.05) is 6.42 Å². The van der Waals surface area contributed by atoms with Crippen LogP contribution in [0, 0.1) is 22.6 Å². The van der Waals surface area contributed by atoms with Gasteiger partial charge in [-0.2, -0.15) is 5.26 Å². The molecule has 1 fully saturated rings. The highest BCUT2D eigenvalue weighted by Crippen LogP contribution is 2.41. The Morgan fingerprint density at radius 3 is 2.50 bits per heavy atom. The van der Waals surface area contributed by atoms with Gasteiger partial charge in [-0.25, -0.2) is 9.29 Å². The molecule has 2 amide bonds. The lowest BCUT2D eigenvalue weighted by Gasteiger charge is -2.23. The van der Waals surface area contributed by atoms with E-state index in [2.05, 4.69) is 0 Å². The number of amides is 2. The molecule has 1 aromatic rings. The fraction of sp³-hybridized carbons (Fsp3) is 0.400. The van der Waals surface area contributed by atoms with E-state index >= 15 is 0 Å². The van der Waals surface area contributed by atoms with Crippen LogP contribution in [0.1, 0.15) is 38.7 Å². The Morgan fingerprint density at radius 2 is 2.00 bits per heavy atom. The molecule has 1 aliphatic heterocycles. The normalized spacial score (nSPS) is 17.4. The van der Waals surface area contributed by atoms with Crippen molar-refractivity contribution in [2.45, 2.75) is 33.1 Å². The third-order valence-electron chi connectivity index (χ3n) is 4.07. The summed E-state index contributed by atoms with van der Waals surface area (Å²) < 4.78 is 13.2. The first kappa shape index (κ1) is 14.2. The molecule has 0 aliphatic carbocycles. The predicted molar refractivity (Wildman–Crippen MR) is 71.2 cm³/mol. The van der Waals surface area contributed by atoms with E-state index < -0.39 is 11.2 Å². The number of hydrogen-bond acceptors (Lipinski definition) is 3. The fourth-order valence-corrected chi connectivity index (χ4v) is 2.63. The lowest BCUT2D eigenvalue weighted by molar-refractivity contribution is -0.126. The quantitative estimate of drug-likeness (QED) is 0.796. The third kappa shape index (κ3) is 1.97. The second-order valence-electron chi connectivity index (χ2n) is 4.97. The first-order valence-electron chi connectivity index (χ1n) is 6.56. The van der Waals surface area contributed by atoms with Gasteiger partial charge in [-0.05, 0) is 31.0 Å². The number of carbonyl (C=O) groups is 2. The van der Waals surface area contributed by atoms with Gasteiger partial charge in [0.25, 0.3) is 0 Å². The summed E-state index contributed by atoms with van der Waals surface area (Å²) in [4.78, 5) is 25.8. The summed E-state index contributed by atoms with van der Waals surface area (Å²) in [5.41, 5.74) is -0.527. The van der Waals surface area contributed by atoms with Crippen LogP contribution in [-0.2, 0) is 9.59 Å². The van der Waals surface area contributed by atoms with Gasteiger partial charge < -0.3 is 0 Å². The molecule has 2 rings (SSSR count). The molecular weight excluding hydrogens is 259 g/mol. The maximum absolute atomic E-state index is 13.2. The van der Waals surface area contributed by atoms with Crippen LogP contribution in [0.3, 0.4) is 0 Å². The smallest absolute Gasteiger partial charge is 0.240 e. The van der Waals surface area contributed by atoms with Crippen LogP contribution in [0.25, 0.3) is 0 Å². The van der Waals surface area contributed by atoms with Crippen molar-refractivity contribution >= 4 is 17.5 Å². The number of imide groups is 1. The SMILES string of the molecule is CCC1(CC)CC(=O)N(c2ccc(F)cc2C#N)C1=O. The lowest BCUT2D eigenvalue weighted by Crippen LogP contribution is -2.35. The molecule has 20 heavy (non-hydrogen) atoms. The van der Waals surface area contributed by atoms with Gasteiger partial charge in [0.15, 0.2) is 0 Å². The van der Waals surface area contributed by atoms with Gasteiger partial charge in [0.05, 0.1) is 16.7 Å². The minimum absolute atomic E-state index is 0.00490. The highest BCUT2D eigenvalue weighted by Gasteiger charge is 2.50. The first-order chi connectivity index (χ1) is 9.49. The van der Waals surface area contributed by atoms with Crippen LogP contribution in [0.2, 0.25) is 0 Å². The largest absolute Gasteiger partial charge is 0.274 e. The van der Waals surface area contributed by atoms with E-state index in [0.29, 0.717) is 12.8 Å². The number of halogens is 1. The van der Waals surface area contributed by atoms with Crippen LogP contribution < -0.4 is 4.90 Å². The molecule has 0 radical (unpaired) electrons. The number of rotatable bonds is 3. The van der Waals surface area contributed by atoms with Gasteiger partial charge in [-0.1, -0.05) is 13.8 Å². The van der Waals surface area contributed by atoms with Crippen molar-refractivity contribution in [3.8, 4) is 6.07 Å². The molecule has 0 spiro atoms. The third-order valence-corrected chi connectivity index (χ3v) is 4.07. The Kier molecular flexibility index (Phi) is 3.58. The Labute approximate surface area is 116 Å². The van der Waals surface area contributed by atoms with Crippen molar-refractivity contribution in [2.24, 2.45) is 5.41 Å². The molecule has 4 nitrogen and oxygen atoms in total. The van der Waals surface area contributed by atoms with Gasteiger partial charge in [-0.3, -0.25) is 9.59 Å². The standard InChI is InChI=1S/C15H15FN2O2/c1-3-15(4-2)8-13(19)18(14(15)20)12-6-5-11(16)7-10(12)9-17/h5-7H,3-4,8H2,1-2H3. The summed E-state index contributed by atoms with van der Waals surface area (Å²) in [7, 11) is 0. The number of benzene rings is 1. The van der Waals surface area contributed by atoms with Crippen LogP contribution >= 0.6 is 0 Å². The Hall–Kier alpha value is -2.22. The maximum atomic E-state index is 13.2. The zero-order chi connectivity index (χ0) is 14.9. The van der Waals surface area contributed by atoms with Gasteiger partial charge in [0.1, 0.15) is 11.9 Å². The Balaban J connectivity index is 2.52. The van der Waals surface area contributed by atoms with Crippen LogP contribution in [0.15, 0.2) is 18.2 Å². The molecule has 1 heterocycles. The molecule has 0 N–H and O–H groups in total. The molecule has 1 aliphatic rings. The number of nitrogens with zero attached hydrogens (tertiary/aromatic N) is 2. The second-order valence-corrected chi connectivity index (χ2v) is 4.97. The molecule has 1 aromatic carbocycles. The van der Waals surface area contributed by atoms with Gasteiger partial charge in [0.2, 0.25) is 11.8 Å². The molecule has 0 aromatic heterocycles. The minimum atomic E-state index is -0.696. The van der Waals surface area contributed by atoms with E-state index in [1.54, 1.807) is 0 Å². The van der Waals surface area contributed by atoms with Crippen molar-refractivity contribution in [3.63, 3.8) is 0 Å². The van der Waals surface area contributed by atoms with Crippen LogP contribution in [0.4, 0.5) is 10.1 Å². The van der Waals surface area contributed by atoms with Crippen molar-refractivity contribution < 1.29 is 14.0 Å². The number of hydrogen-bond donors (Lipinski definition) is 0. The van der Waals surface area contributed by atoms with Gasteiger partial charge >= 0.3 is 0 Å². The number of nitriles is 1. The van der Waals surface area contributed by atoms with Crippen molar-refractivity contribution in [3.05, 3.63) is 29.6 Å². The van der Waals surface area contributed by atoms with Crippen molar-refractivity contribution in [1.82, 2.24) is 0 Å². The van der Waals surface area contributed by atoms with E-state index in [-0.39, 0.29) is 29.5 Å². The minimum Gasteiger partial charge on any atom is -0.274 e. The summed E-state index contributed by atoms with van der Waals surface area (Å²) in [6.45, 7) is 3.74. The predicted octanol–water partition coefficient (Wildman–Crippen LogP) is 2.77. The van der Waals surface area contributed by atoms with Crippen LogP contribution in [-0.4, -0.2) is 11.8 Å². The monoisotopic (exact) mass is 274 g/mol. The van der Waals surface area contributed by atoms with Crippen LogP contribution in [0.5, 0.6) is 0 Å². The summed E-state index contributed by atoms with van der Waals surface area (Å²) in [5, 5.41) is 9.05. The van der Waals surface area contributed by atoms with Crippen molar-refractivity contribution in [1.29, 1.82) is 5.26 Å². The second kappa shape index (κ2) is 5.04. The zero-order valence-electron chi connectivity index (χ0n) is 11.4. The van der Waals surface area contributed by atoms with E-state index in [4.69, 9.17) is 5.26 Å². The van der Waals surface area contributed by atoms with E-state index in [0.717, 1.165) is 17.0 Å². The topological polar surface area (TPSA) is 61.2 Å². The maximum Gasteiger partial charge on any atom is 0.240 e. The molecular formula is C15H15FN2O2. The average Bonchev–Trinajstić information content (AvgIpc) is 2.70. The summed E-state index contributed by atoms with van der Waals surface area (Å²) in [6.07, 6.45) is 1.27. The van der Waals surface area contributed by atoms with E-state index in [1.165, 1.54) is 6.07 Å². The highest BCUT2D eigenvalue weighted by molar-refractivity contribution is 6.23. The fourth-order valence-electron chi connectivity index (χ4n) is 2.63. The Bertz CT molecular complexity index is 615. The Morgan fingerprint density at radius 1 is 1.35 bits per heavy atom. The summed E-state index contributed by atoms with van der Waals surface area (Å²) >= 11 is 0. The summed E-state index contributed by atoms with van der Waals surface area (Å²) in [5.74, 6) is -1.20. The van der Waals surface area contributed by atoms with Gasteiger partial charge in [-0.15, -0.1) is 0 Å². The molecule has 104 valence electrons. The van der Waals surface area contributed by atoms with E-state index in [1.807, 2.05) is 19.9 Å². The highest BCUT2D eigenvalue weighted by atomic mass is 19.1. The molecule has 0 atom stereocenters. The molecule has 0 saturated carbocycles. The summed E-state index contributed by atoms with van der Waals surface area (Å²) in [6, 6.07) is 5.33. The van der Waals surface area contributed by atoms with E-state index in [9.17, 15) is 14.0 Å². The number of anilines is 1. The zero-order valence-corrected chi connectivity index (χ0v) is 11.4. The molecule has 5 heteroatoms. The lowest BCUT2D eigenvalue weighted by atomic mass is 9.81. The first-order valence-corrected chi connectivity index (χ1v) is 6.56.